The highest BCUT2D eigenvalue weighted by molar-refractivity contribution is 6.31. The van der Waals surface area contributed by atoms with Crippen LogP contribution in [0.4, 0.5) is 11.4 Å². The summed E-state index contributed by atoms with van der Waals surface area (Å²) < 4.78 is 1.77. The third-order valence-electron chi connectivity index (χ3n) is 2.24. The molecule has 0 saturated heterocycles. The van der Waals surface area contributed by atoms with Crippen LogP contribution >= 0.6 is 11.6 Å². The van der Waals surface area contributed by atoms with E-state index >= 15 is 0 Å². The highest BCUT2D eigenvalue weighted by Gasteiger charge is 2.01. The van der Waals surface area contributed by atoms with Gasteiger partial charge in [-0.1, -0.05) is 11.6 Å². The number of hydrogen-bond donors (Lipinski definition) is 2. The summed E-state index contributed by atoms with van der Waals surface area (Å²) in [6.45, 7) is 0.646. The van der Waals surface area contributed by atoms with Crippen molar-refractivity contribution >= 4 is 23.0 Å². The molecule has 16 heavy (non-hydrogen) atoms. The number of hydrogen-bond acceptors (Lipinski definition) is 3. The highest BCUT2D eigenvalue weighted by atomic mass is 35.5. The zero-order chi connectivity index (χ0) is 11.5. The van der Waals surface area contributed by atoms with Gasteiger partial charge in [0.25, 0.3) is 0 Å². The summed E-state index contributed by atoms with van der Waals surface area (Å²) in [5.41, 5.74) is 8.30. The van der Waals surface area contributed by atoms with E-state index in [1.807, 2.05) is 25.4 Å². The monoisotopic (exact) mass is 236 g/mol. The molecule has 0 aliphatic rings. The Bertz CT molecular complexity index is 492. The van der Waals surface area contributed by atoms with E-state index in [0.717, 1.165) is 11.4 Å². The lowest BCUT2D eigenvalue weighted by Gasteiger charge is -2.07. The molecule has 1 heterocycles. The van der Waals surface area contributed by atoms with Crippen LogP contribution in [0, 0.1) is 0 Å². The molecule has 0 saturated carbocycles. The summed E-state index contributed by atoms with van der Waals surface area (Å²) in [7, 11) is 1.89. The van der Waals surface area contributed by atoms with E-state index < -0.39 is 0 Å². The normalized spacial score (nSPS) is 10.4. The number of rotatable bonds is 3. The Morgan fingerprint density at radius 3 is 2.88 bits per heavy atom. The van der Waals surface area contributed by atoms with Crippen molar-refractivity contribution in [1.29, 1.82) is 0 Å². The van der Waals surface area contributed by atoms with E-state index in [0.29, 0.717) is 17.3 Å². The first-order chi connectivity index (χ1) is 7.65. The number of benzene rings is 1. The summed E-state index contributed by atoms with van der Waals surface area (Å²) >= 11 is 5.81. The van der Waals surface area contributed by atoms with E-state index in [-0.39, 0.29) is 0 Å². The molecule has 0 fully saturated rings. The van der Waals surface area contributed by atoms with Gasteiger partial charge in [0.2, 0.25) is 0 Å². The topological polar surface area (TPSA) is 55.9 Å². The molecule has 1 aromatic heterocycles. The average molecular weight is 237 g/mol. The van der Waals surface area contributed by atoms with Crippen molar-refractivity contribution in [2.24, 2.45) is 7.05 Å². The number of nitrogens with zero attached hydrogens (tertiary/aromatic N) is 2. The number of anilines is 2. The van der Waals surface area contributed by atoms with Crippen molar-refractivity contribution in [3.8, 4) is 0 Å². The maximum absolute atomic E-state index is 5.82. The van der Waals surface area contributed by atoms with Crippen LogP contribution in [-0.4, -0.2) is 9.78 Å². The van der Waals surface area contributed by atoms with Crippen molar-refractivity contribution in [2.45, 2.75) is 6.54 Å². The minimum Gasteiger partial charge on any atom is -0.397 e. The molecule has 3 N–H and O–H groups in total. The lowest BCUT2D eigenvalue weighted by molar-refractivity contribution is 0.747. The van der Waals surface area contributed by atoms with Crippen LogP contribution in [0.3, 0.4) is 0 Å². The Hall–Kier alpha value is -1.68. The van der Waals surface area contributed by atoms with Crippen LogP contribution in [-0.2, 0) is 13.6 Å². The molecule has 1 aromatic carbocycles. The average Bonchev–Trinajstić information content (AvgIpc) is 2.63. The van der Waals surface area contributed by atoms with Crippen LogP contribution in [0.5, 0.6) is 0 Å². The van der Waals surface area contributed by atoms with E-state index in [2.05, 4.69) is 10.4 Å². The van der Waals surface area contributed by atoms with Gasteiger partial charge in [0, 0.05) is 18.3 Å². The second-order valence-electron chi connectivity index (χ2n) is 3.57. The maximum atomic E-state index is 5.82. The fourth-order valence-corrected chi connectivity index (χ4v) is 1.62. The van der Waals surface area contributed by atoms with Crippen LogP contribution in [0.1, 0.15) is 5.69 Å². The number of nitrogen functional groups attached to an aromatic ring is 1. The third kappa shape index (κ3) is 2.46. The molecule has 0 unspecified atom stereocenters. The van der Waals surface area contributed by atoms with Gasteiger partial charge >= 0.3 is 0 Å². The summed E-state index contributed by atoms with van der Waals surface area (Å²) in [6, 6.07) is 7.35. The number of nitrogens with two attached hydrogens (primary N) is 1. The molecule has 0 aliphatic carbocycles. The lowest BCUT2D eigenvalue weighted by atomic mass is 10.2. The number of aromatic nitrogens is 2. The summed E-state index contributed by atoms with van der Waals surface area (Å²) in [5.74, 6) is 0. The molecule has 0 aliphatic heterocycles. The van der Waals surface area contributed by atoms with Gasteiger partial charge in [-0.05, 0) is 24.3 Å². The molecule has 5 heteroatoms. The maximum Gasteiger partial charge on any atom is 0.0815 e. The van der Waals surface area contributed by atoms with Crippen LogP contribution in [0.2, 0.25) is 5.02 Å². The standard InChI is InChI=1S/C11H13ClN4/c1-16-5-4-9(15-16)7-14-11-3-2-8(12)6-10(11)13/h2-6,14H,7,13H2,1H3. The van der Waals surface area contributed by atoms with E-state index in [1.54, 1.807) is 16.8 Å². The molecule has 2 aromatic rings. The first-order valence-corrected chi connectivity index (χ1v) is 5.30. The van der Waals surface area contributed by atoms with Gasteiger partial charge in [-0.3, -0.25) is 4.68 Å². The molecule has 0 spiro atoms. The van der Waals surface area contributed by atoms with Gasteiger partial charge in [0.05, 0.1) is 23.6 Å². The number of aryl methyl sites for hydroxylation is 1. The molecule has 84 valence electrons. The number of halogens is 1. The number of nitrogens with one attached hydrogen (secondary N) is 1. The largest absolute Gasteiger partial charge is 0.397 e. The minimum absolute atomic E-state index is 0.640. The van der Waals surface area contributed by atoms with Crippen LogP contribution < -0.4 is 11.1 Å². The van der Waals surface area contributed by atoms with E-state index in [9.17, 15) is 0 Å². The van der Waals surface area contributed by atoms with E-state index in [4.69, 9.17) is 17.3 Å². The Labute approximate surface area is 99.0 Å². The van der Waals surface area contributed by atoms with Gasteiger partial charge in [-0.2, -0.15) is 5.10 Å². The molecule has 4 nitrogen and oxygen atoms in total. The molecular weight excluding hydrogens is 224 g/mol. The second-order valence-corrected chi connectivity index (χ2v) is 4.00. The third-order valence-corrected chi connectivity index (χ3v) is 2.48. The summed E-state index contributed by atoms with van der Waals surface area (Å²) in [6.07, 6.45) is 1.90. The van der Waals surface area contributed by atoms with Gasteiger partial charge < -0.3 is 11.1 Å². The first kappa shape index (κ1) is 10.8. The predicted octanol–water partition coefficient (Wildman–Crippen LogP) is 2.27. The van der Waals surface area contributed by atoms with Crippen LogP contribution in [0.25, 0.3) is 0 Å². The molecule has 0 radical (unpaired) electrons. The van der Waals surface area contributed by atoms with E-state index in [1.165, 1.54) is 0 Å². The Balaban J connectivity index is 2.04. The Morgan fingerprint density at radius 2 is 2.25 bits per heavy atom. The molecular formula is C11H13ClN4. The smallest absolute Gasteiger partial charge is 0.0815 e. The zero-order valence-electron chi connectivity index (χ0n) is 8.94. The van der Waals surface area contributed by atoms with Crippen molar-refractivity contribution in [3.63, 3.8) is 0 Å². The molecule has 0 atom stereocenters. The fourth-order valence-electron chi connectivity index (χ4n) is 1.44. The Kier molecular flexibility index (Phi) is 3.01. The van der Waals surface area contributed by atoms with Gasteiger partial charge in [-0.15, -0.1) is 0 Å². The quantitative estimate of drug-likeness (QED) is 0.804. The molecule has 0 amide bonds. The minimum atomic E-state index is 0.640. The summed E-state index contributed by atoms with van der Waals surface area (Å²) in [5, 5.41) is 8.11. The predicted molar refractivity (Wildman–Crippen MR) is 66.4 cm³/mol. The van der Waals surface area contributed by atoms with Gasteiger partial charge in [-0.25, -0.2) is 0 Å². The molecule has 2 rings (SSSR count). The SMILES string of the molecule is Cn1ccc(CNc2ccc(Cl)cc2N)n1. The lowest BCUT2D eigenvalue weighted by Crippen LogP contribution is -2.03. The van der Waals surface area contributed by atoms with Crippen LogP contribution in [0.15, 0.2) is 30.5 Å². The van der Waals surface area contributed by atoms with Crippen molar-refractivity contribution in [2.75, 3.05) is 11.1 Å². The Morgan fingerprint density at radius 1 is 1.44 bits per heavy atom. The van der Waals surface area contributed by atoms with Crippen molar-refractivity contribution in [3.05, 3.63) is 41.2 Å². The highest BCUT2D eigenvalue weighted by Crippen LogP contribution is 2.22. The van der Waals surface area contributed by atoms with Crippen molar-refractivity contribution in [1.82, 2.24) is 9.78 Å². The first-order valence-electron chi connectivity index (χ1n) is 4.92. The van der Waals surface area contributed by atoms with Gasteiger partial charge in [0.15, 0.2) is 0 Å². The van der Waals surface area contributed by atoms with Crippen molar-refractivity contribution < 1.29 is 0 Å². The summed E-state index contributed by atoms with van der Waals surface area (Å²) in [4.78, 5) is 0. The zero-order valence-corrected chi connectivity index (χ0v) is 9.70. The molecule has 0 bridgehead atoms. The fraction of sp³-hybridized carbons (Fsp3) is 0.182. The second kappa shape index (κ2) is 4.45. The van der Waals surface area contributed by atoms with Gasteiger partial charge in [0.1, 0.15) is 0 Å².